The van der Waals surface area contributed by atoms with Gasteiger partial charge in [0.25, 0.3) is 11.8 Å². The summed E-state index contributed by atoms with van der Waals surface area (Å²) in [5.41, 5.74) is 23.5. The van der Waals surface area contributed by atoms with Crippen molar-refractivity contribution in [1.29, 1.82) is 0 Å². The van der Waals surface area contributed by atoms with E-state index in [4.69, 9.17) is 33.1 Å². The van der Waals surface area contributed by atoms with E-state index < -0.39 is 42.0 Å². The minimum atomic E-state index is -0.712. The Bertz CT molecular complexity index is 3200. The number of nitrogens with two attached hydrogens (primary N) is 4. The molecule has 0 aromatic heterocycles. The number of hydrogen-bond acceptors (Lipinski definition) is 22. The van der Waals surface area contributed by atoms with Gasteiger partial charge in [-0.15, -0.1) is 0 Å². The van der Waals surface area contributed by atoms with Crippen molar-refractivity contribution in [2.24, 2.45) is 28.9 Å². The molecule has 5 fully saturated rings. The van der Waals surface area contributed by atoms with Gasteiger partial charge in [-0.3, -0.25) is 76.9 Å². The zero-order valence-electron chi connectivity index (χ0n) is 61.5. The number of likely N-dealkylation sites (N-methyl/N-ethyl adjacent to an activating group) is 2. The summed E-state index contributed by atoms with van der Waals surface area (Å²) in [6.45, 7) is 15.3. The van der Waals surface area contributed by atoms with Crippen molar-refractivity contribution in [1.82, 2.24) is 62.1 Å². The summed E-state index contributed by atoms with van der Waals surface area (Å²) >= 11 is 0. The number of primary amides is 2. The predicted molar refractivity (Wildman–Crippen MR) is 386 cm³/mol. The second-order valence-corrected chi connectivity index (χ2v) is 27.2. The third kappa shape index (κ3) is 28.9. The molecule has 32 nitrogen and oxygen atoms in total. The van der Waals surface area contributed by atoms with E-state index in [-0.39, 0.29) is 157 Å². The highest BCUT2D eigenvalue weighted by Crippen LogP contribution is 2.26. The van der Waals surface area contributed by atoms with Gasteiger partial charge in [0, 0.05) is 101 Å². The molecule has 2 aromatic rings. The van der Waals surface area contributed by atoms with Gasteiger partial charge in [-0.1, -0.05) is 31.2 Å². The molecule has 6 heterocycles. The van der Waals surface area contributed by atoms with Crippen molar-refractivity contribution in [3.63, 3.8) is 0 Å². The van der Waals surface area contributed by atoms with E-state index in [1.54, 1.807) is 52.2 Å². The van der Waals surface area contributed by atoms with E-state index >= 15 is 0 Å². The van der Waals surface area contributed by atoms with Gasteiger partial charge in [0.1, 0.15) is 11.5 Å². The molecule has 0 spiro atoms. The number of hydrogen-bond donors (Lipinski definition) is 14. The highest BCUT2D eigenvalue weighted by molar-refractivity contribution is 6.13. The lowest BCUT2D eigenvalue weighted by atomic mass is 9.98. The third-order valence-electron chi connectivity index (χ3n) is 19.1. The Kier molecular flexibility index (Phi) is 36.9. The molecule has 18 N–H and O–H groups in total. The topological polar surface area (TPSA) is 493 Å². The van der Waals surface area contributed by atoms with Crippen molar-refractivity contribution >= 4 is 82.5 Å². The van der Waals surface area contributed by atoms with Crippen LogP contribution >= 0.6 is 0 Å². The van der Waals surface area contributed by atoms with Crippen LogP contribution in [0.3, 0.4) is 0 Å². The lowest BCUT2D eigenvalue weighted by Crippen LogP contribution is -2.47. The number of nitrogens with one attached hydrogen (secondary N) is 8. The first-order chi connectivity index (χ1) is 49.2. The normalized spacial score (nSPS) is 22.0. The fraction of sp³-hybridized carbons (Fsp3) is 0.611. The minimum absolute atomic E-state index is 0.0638. The average Bonchev–Trinajstić information content (AvgIpc) is 1.70. The molecule has 12 amide bonds. The highest BCUT2D eigenvalue weighted by atomic mass is 16.3. The van der Waals surface area contributed by atoms with Crippen LogP contribution in [0.4, 0.5) is 0 Å². The fourth-order valence-corrected chi connectivity index (χ4v) is 12.4. The first-order valence-corrected chi connectivity index (χ1v) is 35.8. The molecule has 0 aliphatic carbocycles. The first kappa shape index (κ1) is 87.3. The van der Waals surface area contributed by atoms with Gasteiger partial charge in [0.15, 0.2) is 11.6 Å². The summed E-state index contributed by atoms with van der Waals surface area (Å²) < 4.78 is 0. The molecule has 576 valence electrons. The number of rotatable bonds is 30. The van der Waals surface area contributed by atoms with Crippen molar-refractivity contribution in [3.8, 4) is 11.5 Å². The smallest absolute Gasteiger partial charge is 0.253 e. The number of benzene rings is 2. The van der Waals surface area contributed by atoms with Crippen LogP contribution in [0, 0.1) is 5.92 Å². The van der Waals surface area contributed by atoms with E-state index in [1.165, 1.54) is 55.2 Å². The number of aromatic hydroxyl groups is 2. The number of ketones is 2. The van der Waals surface area contributed by atoms with Gasteiger partial charge in [0.05, 0.1) is 48.3 Å². The van der Waals surface area contributed by atoms with Crippen LogP contribution in [0.5, 0.6) is 11.5 Å². The third-order valence-corrected chi connectivity index (χ3v) is 19.1. The fourth-order valence-electron chi connectivity index (χ4n) is 12.4. The van der Waals surface area contributed by atoms with Crippen LogP contribution in [0.15, 0.2) is 60.7 Å². The Morgan fingerprint density at radius 2 is 0.990 bits per heavy atom. The molecule has 0 bridgehead atoms. The summed E-state index contributed by atoms with van der Waals surface area (Å²) in [7, 11) is 3.35. The van der Waals surface area contributed by atoms with E-state index in [2.05, 4.69) is 56.4 Å². The maximum atomic E-state index is 12.7. The van der Waals surface area contributed by atoms with Crippen LogP contribution in [0.25, 0.3) is 0 Å². The molecule has 104 heavy (non-hydrogen) atoms. The summed E-state index contributed by atoms with van der Waals surface area (Å²) in [6, 6.07) is 9.72. The van der Waals surface area contributed by atoms with Gasteiger partial charge in [-0.05, 0) is 175 Å². The van der Waals surface area contributed by atoms with Gasteiger partial charge in [0.2, 0.25) is 59.1 Å². The van der Waals surface area contributed by atoms with Crippen molar-refractivity contribution in [3.05, 3.63) is 71.8 Å². The van der Waals surface area contributed by atoms with Gasteiger partial charge in [-0.2, -0.15) is 0 Å². The van der Waals surface area contributed by atoms with Crippen molar-refractivity contribution in [2.45, 2.75) is 224 Å². The molecular weight excluding hydrogens is 1340 g/mol. The van der Waals surface area contributed by atoms with E-state index in [9.17, 15) is 67.1 Å². The molecular formula is C72H112N16O16. The zero-order valence-corrected chi connectivity index (χ0v) is 61.5. The van der Waals surface area contributed by atoms with E-state index in [0.29, 0.717) is 70.5 Å². The second kappa shape index (κ2) is 43.9. The summed E-state index contributed by atoms with van der Waals surface area (Å²) in [6.07, 6.45) is 11.5. The highest BCUT2D eigenvalue weighted by Gasteiger charge is 2.40. The number of carbonyl (C=O) groups is 14. The summed E-state index contributed by atoms with van der Waals surface area (Å²) in [4.78, 5) is 171. The summed E-state index contributed by atoms with van der Waals surface area (Å²) in [5, 5.41) is 41.3. The lowest BCUT2D eigenvalue weighted by Gasteiger charge is -2.24. The monoisotopic (exact) mass is 1460 g/mol. The molecule has 6 aliphatic rings. The number of likely N-dealkylation sites (tertiary alicyclic amines) is 3. The lowest BCUT2D eigenvalue weighted by molar-refractivity contribution is -0.140. The average molecular weight is 1460 g/mol. The molecule has 8 rings (SSSR count). The molecule has 2 aromatic carbocycles. The Labute approximate surface area is 608 Å². The standard InChI is InChI=1S/C23H38N6O5.C18H26N4O4.2C13H18N2O3.C5H12N2O/c1-14-5-3-9-28(14)23(34)18-12-16(13-26-18)27-19(30)6-4-10-29-20(31)11-15(22(29)33)7-8-17(25-2)21(24)32;1-12-4-2-8-21(12)18(26)14-10-13(11-19-14)20-15(23)5-3-9-22-16(24)6-7-17(22)25;2*1-8(9(2)16)15-13(18)12(14)7-10-3-5-11(17)6-4-10;1-3-4(7-2)5(6)8/h14-18,25-26H,3-13H2,1-2H3,(H2,24,32)(H,27,30);6-7,12-14,19H,2-5,8-11H2,1H3,(H,20,23);2*3-6,8,12,17H,7,14H2,1-2H3,(H,15,18);4,7H,3H2,1-2H3,(H2,6,8)/t14-,15?,16?,17+,18+;12-,13?,14+;8-,12?;8-,12+;4-/m11110/s1. The van der Waals surface area contributed by atoms with Gasteiger partial charge in [-0.25, -0.2) is 0 Å². The van der Waals surface area contributed by atoms with Crippen LogP contribution in [0.1, 0.15) is 149 Å². The van der Waals surface area contributed by atoms with Crippen molar-refractivity contribution < 1.29 is 77.3 Å². The Morgan fingerprint density at radius 1 is 0.596 bits per heavy atom. The van der Waals surface area contributed by atoms with Crippen LogP contribution in [-0.2, 0) is 80.0 Å². The maximum absolute atomic E-state index is 12.7. The molecule has 5 saturated heterocycles. The zero-order chi connectivity index (χ0) is 77.5. The van der Waals surface area contributed by atoms with Gasteiger partial charge < -0.3 is 85.5 Å². The Balaban J connectivity index is 0.000000292. The number of carbonyl (C=O) groups excluding carboxylic acids is 14. The number of phenols is 2. The van der Waals surface area contributed by atoms with E-state index in [0.717, 1.165) is 61.2 Å². The number of nitrogens with zero attached hydrogens (tertiary/aromatic N) is 4. The molecule has 0 saturated carbocycles. The predicted octanol–water partition coefficient (Wildman–Crippen LogP) is -1.42. The largest absolute Gasteiger partial charge is 0.508 e. The molecule has 32 heteroatoms. The SMILES string of the molecule is CC(=O)[C@@H](C)NC(=O)C(N)Cc1ccc(O)cc1.CC(=O)[C@@H](C)NC(=O)[C@@H](N)Cc1ccc(O)cc1.CC[C@H](NC)C(N)=O.CN[C@@H](CCC1CC(=O)N(CCCC(=O)NC2CN[C@H](C(=O)N3CCC[C@H]3C)C2)C1=O)C(N)=O.C[C@@H]1CCCN1C(=O)[C@@H]1CC(NC(=O)CCCN2C(=O)C=CC2=O)CN1. The number of imide groups is 2. The number of Topliss-reactive ketones (excluding diaryl/α,β-unsaturated/α-hetero) is 2. The number of phenolic OH excluding ortho intramolecular Hbond substituents is 2. The van der Waals surface area contributed by atoms with Crippen LogP contribution in [-0.4, -0.2) is 238 Å². The van der Waals surface area contributed by atoms with Crippen LogP contribution < -0.4 is 65.5 Å². The second-order valence-electron chi connectivity index (χ2n) is 27.2. The maximum Gasteiger partial charge on any atom is 0.253 e. The van der Waals surface area contributed by atoms with Crippen LogP contribution in [0.2, 0.25) is 0 Å². The van der Waals surface area contributed by atoms with E-state index in [1.807, 2.05) is 16.7 Å². The minimum Gasteiger partial charge on any atom is -0.508 e. The molecule has 0 radical (unpaired) electrons. The summed E-state index contributed by atoms with van der Waals surface area (Å²) in [5.74, 6) is -2.99. The Hall–Kier alpha value is -9.08. The number of amides is 12. The Morgan fingerprint density at radius 3 is 1.33 bits per heavy atom. The van der Waals surface area contributed by atoms with Gasteiger partial charge >= 0.3 is 0 Å². The first-order valence-electron chi connectivity index (χ1n) is 35.8. The quantitative estimate of drug-likeness (QED) is 0.0399. The molecule has 13 atom stereocenters. The van der Waals surface area contributed by atoms with Crippen molar-refractivity contribution in [2.75, 3.05) is 53.4 Å². The molecule has 4 unspecified atom stereocenters. The molecule has 6 aliphatic heterocycles.